The number of nitrogens with one attached hydrogen (secondary N) is 2. The summed E-state index contributed by atoms with van der Waals surface area (Å²) in [6.07, 6.45) is 8.65. The Kier molecular flexibility index (Phi) is 6.11. The van der Waals surface area contributed by atoms with E-state index in [9.17, 15) is 4.79 Å². The molecule has 6 heteroatoms. The molecule has 2 amide bonds. The fraction of sp³-hybridized carbons (Fsp3) is 0.778. The summed E-state index contributed by atoms with van der Waals surface area (Å²) >= 11 is 1.77. The number of carbonyl (C=O) groups excluding carboxylic acids is 1. The first-order valence-electron chi connectivity index (χ1n) is 9.40. The van der Waals surface area contributed by atoms with Gasteiger partial charge in [-0.15, -0.1) is 11.3 Å². The number of rotatable bonds is 5. The maximum absolute atomic E-state index is 12.1. The molecule has 1 aliphatic heterocycles. The van der Waals surface area contributed by atoms with Crippen molar-refractivity contribution >= 4 is 17.4 Å². The normalized spacial score (nSPS) is 22.7. The van der Waals surface area contributed by atoms with Crippen LogP contribution in [-0.2, 0) is 12.8 Å². The number of hydrogen-bond acceptors (Lipinski definition) is 4. The molecule has 3 rings (SSSR count). The number of aryl methyl sites for hydroxylation is 2. The predicted octanol–water partition coefficient (Wildman–Crippen LogP) is 3.26. The number of likely N-dealkylation sites (tertiary alicyclic amines) is 1. The van der Waals surface area contributed by atoms with Crippen molar-refractivity contribution < 1.29 is 4.79 Å². The van der Waals surface area contributed by atoms with Gasteiger partial charge in [-0.3, -0.25) is 4.90 Å². The molecule has 24 heavy (non-hydrogen) atoms. The average molecular weight is 351 g/mol. The van der Waals surface area contributed by atoms with Gasteiger partial charge in [-0.25, -0.2) is 9.78 Å². The number of nitrogens with zero attached hydrogens (tertiary/aromatic N) is 2. The Morgan fingerprint density at radius 2 is 2.17 bits per heavy atom. The maximum atomic E-state index is 12.1. The summed E-state index contributed by atoms with van der Waals surface area (Å²) in [4.78, 5) is 20.8. The molecular weight excluding hydrogens is 320 g/mol. The molecule has 5 nitrogen and oxygen atoms in total. The molecule has 2 atom stereocenters. The van der Waals surface area contributed by atoms with Crippen molar-refractivity contribution in [3.8, 4) is 0 Å². The minimum absolute atomic E-state index is 0.0190. The minimum atomic E-state index is -0.0830. The van der Waals surface area contributed by atoms with Gasteiger partial charge in [0.15, 0.2) is 0 Å². The highest BCUT2D eigenvalue weighted by atomic mass is 32.1. The molecule has 0 unspecified atom stereocenters. The Morgan fingerprint density at radius 1 is 1.33 bits per heavy atom. The van der Waals surface area contributed by atoms with Crippen LogP contribution in [0.3, 0.4) is 0 Å². The number of fused-ring (bicyclic) bond motifs is 1. The molecule has 1 saturated heterocycles. The van der Waals surface area contributed by atoms with E-state index < -0.39 is 0 Å². The van der Waals surface area contributed by atoms with E-state index in [4.69, 9.17) is 4.98 Å². The lowest BCUT2D eigenvalue weighted by Gasteiger charge is -2.33. The van der Waals surface area contributed by atoms with Gasteiger partial charge in [-0.2, -0.15) is 0 Å². The van der Waals surface area contributed by atoms with Crippen LogP contribution >= 0.6 is 11.3 Å². The van der Waals surface area contributed by atoms with Crippen LogP contribution in [-0.4, -0.2) is 41.6 Å². The van der Waals surface area contributed by atoms with Gasteiger partial charge in [0, 0.05) is 24.0 Å². The summed E-state index contributed by atoms with van der Waals surface area (Å²) < 4.78 is 0. The molecule has 1 aromatic heterocycles. The fourth-order valence-corrected chi connectivity index (χ4v) is 4.83. The Balaban J connectivity index is 1.42. The highest BCUT2D eigenvalue weighted by Crippen LogP contribution is 2.29. The number of hydrogen-bond donors (Lipinski definition) is 2. The van der Waals surface area contributed by atoms with Gasteiger partial charge in [0.05, 0.1) is 11.7 Å². The van der Waals surface area contributed by atoms with E-state index in [0.29, 0.717) is 12.6 Å². The zero-order valence-corrected chi connectivity index (χ0v) is 15.8. The van der Waals surface area contributed by atoms with E-state index in [1.54, 1.807) is 11.3 Å². The Morgan fingerprint density at radius 3 is 2.96 bits per heavy atom. The van der Waals surface area contributed by atoms with Gasteiger partial charge >= 0.3 is 6.03 Å². The lowest BCUT2D eigenvalue weighted by molar-refractivity contribution is 0.161. The highest BCUT2D eigenvalue weighted by Gasteiger charge is 2.20. The van der Waals surface area contributed by atoms with Gasteiger partial charge in [-0.05, 0) is 58.9 Å². The fourth-order valence-electron chi connectivity index (χ4n) is 3.67. The van der Waals surface area contributed by atoms with Crippen LogP contribution in [0.1, 0.15) is 67.6 Å². The topological polar surface area (TPSA) is 57.3 Å². The van der Waals surface area contributed by atoms with Crippen LogP contribution in [0.5, 0.6) is 0 Å². The second kappa shape index (κ2) is 8.30. The first-order valence-corrected chi connectivity index (χ1v) is 10.2. The third-order valence-electron chi connectivity index (χ3n) is 5.21. The van der Waals surface area contributed by atoms with Crippen molar-refractivity contribution in [2.45, 2.75) is 70.9 Å². The monoisotopic (exact) mass is 350 g/mol. The number of piperidine rings is 1. The van der Waals surface area contributed by atoms with Crippen molar-refractivity contribution in [1.82, 2.24) is 20.5 Å². The van der Waals surface area contributed by atoms with Gasteiger partial charge in [0.2, 0.25) is 0 Å². The largest absolute Gasteiger partial charge is 0.337 e. The van der Waals surface area contributed by atoms with E-state index in [-0.39, 0.29) is 12.1 Å². The Labute approximate surface area is 149 Å². The average Bonchev–Trinajstić information content (AvgIpc) is 3.01. The van der Waals surface area contributed by atoms with Crippen molar-refractivity contribution in [2.24, 2.45) is 0 Å². The van der Waals surface area contributed by atoms with Crippen LogP contribution in [0.15, 0.2) is 0 Å². The first-order chi connectivity index (χ1) is 11.6. The predicted molar refractivity (Wildman–Crippen MR) is 98.6 cm³/mol. The van der Waals surface area contributed by atoms with E-state index in [1.165, 1.54) is 42.7 Å². The lowest BCUT2D eigenvalue weighted by Crippen LogP contribution is -2.44. The third kappa shape index (κ3) is 4.48. The lowest BCUT2D eigenvalue weighted by atomic mass is 10.0. The summed E-state index contributed by atoms with van der Waals surface area (Å²) in [5.41, 5.74) is 1.26. The van der Waals surface area contributed by atoms with Crippen LogP contribution < -0.4 is 10.6 Å². The summed E-state index contributed by atoms with van der Waals surface area (Å²) in [5.74, 6) is 0. The highest BCUT2D eigenvalue weighted by molar-refractivity contribution is 7.11. The molecule has 1 fully saturated rings. The van der Waals surface area contributed by atoms with Gasteiger partial charge in [0.1, 0.15) is 5.01 Å². The van der Waals surface area contributed by atoms with Gasteiger partial charge in [0.25, 0.3) is 0 Å². The first kappa shape index (κ1) is 17.7. The quantitative estimate of drug-likeness (QED) is 0.857. The summed E-state index contributed by atoms with van der Waals surface area (Å²) in [6, 6.07) is 0.541. The number of thiazole rings is 1. The molecule has 134 valence electrons. The molecule has 0 radical (unpaired) electrons. The number of carbonyl (C=O) groups is 1. The Bertz CT molecular complexity index is 536. The number of aromatic nitrogens is 1. The van der Waals surface area contributed by atoms with Crippen molar-refractivity contribution in [3.05, 3.63) is 15.6 Å². The zero-order chi connectivity index (χ0) is 16.9. The summed E-state index contributed by atoms with van der Waals surface area (Å²) in [7, 11) is 0. The molecule has 0 bridgehead atoms. The third-order valence-corrected chi connectivity index (χ3v) is 6.55. The van der Waals surface area contributed by atoms with E-state index in [0.717, 1.165) is 30.9 Å². The molecule has 0 aromatic carbocycles. The summed E-state index contributed by atoms with van der Waals surface area (Å²) in [6.45, 7) is 7.11. The van der Waals surface area contributed by atoms with Crippen LogP contribution in [0.4, 0.5) is 4.79 Å². The Hall–Kier alpha value is -1.14. The van der Waals surface area contributed by atoms with Gasteiger partial charge in [-0.1, -0.05) is 6.42 Å². The summed E-state index contributed by atoms with van der Waals surface area (Å²) in [5, 5.41) is 7.07. The van der Waals surface area contributed by atoms with Crippen LogP contribution in [0.25, 0.3) is 0 Å². The second-order valence-electron chi connectivity index (χ2n) is 7.13. The minimum Gasteiger partial charge on any atom is -0.337 e. The van der Waals surface area contributed by atoms with Crippen molar-refractivity contribution in [1.29, 1.82) is 0 Å². The smallest absolute Gasteiger partial charge is 0.315 e. The SMILES string of the molecule is C[C@@H]1CCCCN1CCNC(=O)N[C@H](C)c1nc2c(s1)CCCC2. The second-order valence-corrected chi connectivity index (χ2v) is 8.25. The van der Waals surface area contributed by atoms with Crippen molar-refractivity contribution in [2.75, 3.05) is 19.6 Å². The van der Waals surface area contributed by atoms with Crippen LogP contribution in [0, 0.1) is 0 Å². The van der Waals surface area contributed by atoms with Crippen molar-refractivity contribution in [3.63, 3.8) is 0 Å². The standard InChI is InChI=1S/C18H30N4OS/c1-13-7-5-6-11-22(13)12-10-19-18(23)20-14(2)17-21-15-8-3-4-9-16(15)24-17/h13-14H,3-12H2,1-2H3,(H2,19,20,23)/t13-,14-/m1/s1. The molecule has 2 N–H and O–H groups in total. The molecular formula is C18H30N4OS. The molecule has 0 spiro atoms. The number of urea groups is 1. The molecule has 0 saturated carbocycles. The van der Waals surface area contributed by atoms with Gasteiger partial charge < -0.3 is 10.6 Å². The number of amides is 2. The van der Waals surface area contributed by atoms with E-state index in [1.807, 2.05) is 6.92 Å². The molecule has 1 aromatic rings. The van der Waals surface area contributed by atoms with E-state index >= 15 is 0 Å². The molecule has 2 heterocycles. The molecule has 2 aliphatic rings. The zero-order valence-electron chi connectivity index (χ0n) is 14.9. The van der Waals surface area contributed by atoms with E-state index in [2.05, 4.69) is 22.5 Å². The van der Waals surface area contributed by atoms with Crippen LogP contribution in [0.2, 0.25) is 0 Å². The molecule has 1 aliphatic carbocycles. The maximum Gasteiger partial charge on any atom is 0.315 e.